The Balaban J connectivity index is 1.21. The first-order chi connectivity index (χ1) is 14.8. The summed E-state index contributed by atoms with van der Waals surface area (Å²) in [6.45, 7) is 7.86. The van der Waals surface area contributed by atoms with Crippen molar-refractivity contribution in [1.82, 2.24) is 14.8 Å². The van der Waals surface area contributed by atoms with Gasteiger partial charge in [-0.05, 0) is 29.3 Å². The number of piperazine rings is 1. The van der Waals surface area contributed by atoms with Gasteiger partial charge in [-0.2, -0.15) is 0 Å². The van der Waals surface area contributed by atoms with Gasteiger partial charge in [-0.1, -0.05) is 12.1 Å². The summed E-state index contributed by atoms with van der Waals surface area (Å²) in [7, 11) is 0. The molecule has 2 aromatic rings. The van der Waals surface area contributed by atoms with Crippen LogP contribution in [0, 0.1) is 0 Å². The van der Waals surface area contributed by atoms with Gasteiger partial charge < -0.3 is 19.3 Å². The van der Waals surface area contributed by atoms with Gasteiger partial charge in [-0.3, -0.25) is 9.69 Å². The van der Waals surface area contributed by atoms with Crippen LogP contribution in [0.3, 0.4) is 0 Å². The van der Waals surface area contributed by atoms with Crippen LogP contribution in [-0.4, -0.2) is 79.8 Å². The zero-order valence-corrected chi connectivity index (χ0v) is 17.3. The first-order valence-electron chi connectivity index (χ1n) is 10.8. The second-order valence-electron chi connectivity index (χ2n) is 8.08. The maximum absolute atomic E-state index is 13.3. The first kappa shape index (κ1) is 19.3. The second kappa shape index (κ2) is 8.62. The molecule has 7 heteroatoms. The van der Waals surface area contributed by atoms with Gasteiger partial charge in [0.25, 0.3) is 5.91 Å². The summed E-state index contributed by atoms with van der Waals surface area (Å²) in [5.41, 5.74) is 3.33. The van der Waals surface area contributed by atoms with Crippen LogP contribution in [0.1, 0.15) is 21.5 Å². The summed E-state index contributed by atoms with van der Waals surface area (Å²) >= 11 is 0. The van der Waals surface area contributed by atoms with E-state index < -0.39 is 0 Å². The van der Waals surface area contributed by atoms with Crippen LogP contribution in [0.2, 0.25) is 0 Å². The Morgan fingerprint density at radius 3 is 2.67 bits per heavy atom. The fourth-order valence-corrected chi connectivity index (χ4v) is 4.47. The van der Waals surface area contributed by atoms with Crippen LogP contribution >= 0.6 is 0 Å². The van der Waals surface area contributed by atoms with Crippen molar-refractivity contribution in [3.63, 3.8) is 0 Å². The van der Waals surface area contributed by atoms with Gasteiger partial charge >= 0.3 is 0 Å². The minimum Gasteiger partial charge on any atom is -0.493 e. The number of hydrogen-bond donors (Lipinski definition) is 0. The highest BCUT2D eigenvalue weighted by Crippen LogP contribution is 2.27. The van der Waals surface area contributed by atoms with E-state index in [0.29, 0.717) is 18.8 Å². The summed E-state index contributed by atoms with van der Waals surface area (Å²) < 4.78 is 11.1. The van der Waals surface area contributed by atoms with Gasteiger partial charge in [-0.25, -0.2) is 4.98 Å². The van der Waals surface area contributed by atoms with Gasteiger partial charge in [0.05, 0.1) is 25.4 Å². The van der Waals surface area contributed by atoms with Crippen LogP contribution in [-0.2, 0) is 17.7 Å². The second-order valence-corrected chi connectivity index (χ2v) is 8.08. The standard InChI is InChI=1S/C23H28N4O3/c28-23(20-2-1-6-24-22(20)26-11-14-29-15-12-26)27-9-7-25(8-10-27)17-18-3-4-21-19(16-18)5-13-30-21/h1-4,6,16H,5,7-15,17H2. The maximum atomic E-state index is 13.3. The van der Waals surface area contributed by atoms with Gasteiger partial charge in [0, 0.05) is 58.4 Å². The van der Waals surface area contributed by atoms with Gasteiger partial charge in [0.2, 0.25) is 0 Å². The fraction of sp³-hybridized carbons (Fsp3) is 0.478. The Kier molecular flexibility index (Phi) is 5.55. The number of aromatic nitrogens is 1. The third-order valence-corrected chi connectivity index (χ3v) is 6.15. The predicted octanol–water partition coefficient (Wildman–Crippen LogP) is 1.81. The molecule has 3 aliphatic rings. The molecule has 7 nitrogen and oxygen atoms in total. The van der Waals surface area contributed by atoms with Crippen molar-refractivity contribution >= 4 is 11.7 Å². The molecule has 5 rings (SSSR count). The molecular formula is C23H28N4O3. The Morgan fingerprint density at radius 1 is 1.00 bits per heavy atom. The zero-order valence-electron chi connectivity index (χ0n) is 17.3. The number of carbonyl (C=O) groups is 1. The molecule has 30 heavy (non-hydrogen) atoms. The maximum Gasteiger partial charge on any atom is 0.257 e. The molecule has 1 aromatic carbocycles. The van der Waals surface area contributed by atoms with E-state index in [2.05, 4.69) is 33.0 Å². The molecule has 1 aromatic heterocycles. The van der Waals surface area contributed by atoms with E-state index in [9.17, 15) is 4.79 Å². The summed E-state index contributed by atoms with van der Waals surface area (Å²) in [5, 5.41) is 0. The van der Waals surface area contributed by atoms with E-state index in [1.807, 2.05) is 17.0 Å². The Bertz CT molecular complexity index is 905. The average Bonchev–Trinajstić information content (AvgIpc) is 3.28. The fourth-order valence-electron chi connectivity index (χ4n) is 4.47. The number of hydrogen-bond acceptors (Lipinski definition) is 6. The van der Waals surface area contributed by atoms with Gasteiger partial charge in [0.15, 0.2) is 0 Å². The average molecular weight is 409 g/mol. The molecule has 0 atom stereocenters. The third-order valence-electron chi connectivity index (χ3n) is 6.15. The molecule has 1 amide bonds. The van der Waals surface area contributed by atoms with Crippen LogP contribution < -0.4 is 9.64 Å². The minimum atomic E-state index is 0.0823. The summed E-state index contributed by atoms with van der Waals surface area (Å²) in [6.07, 6.45) is 2.77. The number of rotatable bonds is 4. The zero-order chi connectivity index (χ0) is 20.3. The van der Waals surface area contributed by atoms with E-state index in [-0.39, 0.29) is 5.91 Å². The smallest absolute Gasteiger partial charge is 0.257 e. The minimum absolute atomic E-state index is 0.0823. The van der Waals surface area contributed by atoms with E-state index in [4.69, 9.17) is 9.47 Å². The number of morpholine rings is 1. The van der Waals surface area contributed by atoms with Crippen LogP contribution in [0.25, 0.3) is 0 Å². The summed E-state index contributed by atoms with van der Waals surface area (Å²) in [5.74, 6) is 1.90. The summed E-state index contributed by atoms with van der Waals surface area (Å²) in [6, 6.07) is 10.3. The molecule has 2 saturated heterocycles. The Hall–Kier alpha value is -2.64. The van der Waals surface area contributed by atoms with Crippen molar-refractivity contribution in [2.45, 2.75) is 13.0 Å². The molecule has 0 radical (unpaired) electrons. The number of nitrogens with zero attached hydrogens (tertiary/aromatic N) is 4. The van der Waals surface area contributed by atoms with Crippen LogP contribution in [0.4, 0.5) is 5.82 Å². The SMILES string of the molecule is O=C(c1cccnc1N1CCOCC1)N1CCN(Cc2ccc3c(c2)CCO3)CC1. The molecule has 3 aliphatic heterocycles. The largest absolute Gasteiger partial charge is 0.493 e. The highest BCUT2D eigenvalue weighted by Gasteiger charge is 2.26. The highest BCUT2D eigenvalue weighted by atomic mass is 16.5. The molecule has 158 valence electrons. The molecule has 0 saturated carbocycles. The van der Waals surface area contributed by atoms with Crippen LogP contribution in [0.5, 0.6) is 5.75 Å². The molecule has 0 aliphatic carbocycles. The van der Waals surface area contributed by atoms with E-state index in [0.717, 1.165) is 70.4 Å². The number of carbonyl (C=O) groups excluding carboxylic acids is 1. The van der Waals surface area contributed by atoms with Crippen LogP contribution in [0.15, 0.2) is 36.5 Å². The number of benzene rings is 1. The topological polar surface area (TPSA) is 58.1 Å². The van der Waals surface area contributed by atoms with E-state index in [1.165, 1.54) is 11.1 Å². The Labute approximate surface area is 177 Å². The first-order valence-corrected chi connectivity index (χ1v) is 10.8. The van der Waals surface area contributed by atoms with Gasteiger partial charge in [-0.15, -0.1) is 0 Å². The Morgan fingerprint density at radius 2 is 1.83 bits per heavy atom. The molecular weight excluding hydrogens is 380 g/mol. The number of amides is 1. The van der Waals surface area contributed by atoms with Crippen molar-refractivity contribution < 1.29 is 14.3 Å². The van der Waals surface area contributed by atoms with Crippen molar-refractivity contribution in [3.8, 4) is 5.75 Å². The third kappa shape index (κ3) is 4.00. The van der Waals surface area contributed by atoms with Crippen molar-refractivity contribution in [3.05, 3.63) is 53.2 Å². The molecule has 0 spiro atoms. The van der Waals surface area contributed by atoms with Crippen molar-refractivity contribution in [2.75, 3.05) is 64.0 Å². The lowest BCUT2D eigenvalue weighted by atomic mass is 10.1. The van der Waals surface area contributed by atoms with Crippen molar-refractivity contribution in [2.24, 2.45) is 0 Å². The molecule has 2 fully saturated rings. The monoisotopic (exact) mass is 408 g/mol. The molecule has 4 heterocycles. The quantitative estimate of drug-likeness (QED) is 0.769. The highest BCUT2D eigenvalue weighted by molar-refractivity contribution is 5.99. The molecule has 0 N–H and O–H groups in total. The van der Waals surface area contributed by atoms with E-state index in [1.54, 1.807) is 6.20 Å². The van der Waals surface area contributed by atoms with E-state index >= 15 is 0 Å². The van der Waals surface area contributed by atoms with Crippen molar-refractivity contribution in [1.29, 1.82) is 0 Å². The number of fused-ring (bicyclic) bond motifs is 1. The lowest BCUT2D eigenvalue weighted by molar-refractivity contribution is 0.0627. The molecule has 0 bridgehead atoms. The lowest BCUT2D eigenvalue weighted by Crippen LogP contribution is -2.48. The molecule has 0 unspecified atom stereocenters. The lowest BCUT2D eigenvalue weighted by Gasteiger charge is -2.36. The number of pyridine rings is 1. The summed E-state index contributed by atoms with van der Waals surface area (Å²) in [4.78, 5) is 24.3. The number of anilines is 1. The normalized spacial score (nSPS) is 19.5. The number of ether oxygens (including phenoxy) is 2. The predicted molar refractivity (Wildman–Crippen MR) is 114 cm³/mol. The van der Waals surface area contributed by atoms with Gasteiger partial charge in [0.1, 0.15) is 11.6 Å².